The van der Waals surface area contributed by atoms with Gasteiger partial charge >= 0.3 is 0 Å². The maximum atomic E-state index is 5.37. The van der Waals surface area contributed by atoms with Gasteiger partial charge in [-0.2, -0.15) is 5.10 Å². The molecule has 0 atom stereocenters. The minimum absolute atomic E-state index is 0.755. The number of nitrogens with two attached hydrogens (primary N) is 1. The Labute approximate surface area is 60.8 Å². The first kappa shape index (κ1) is 7.28. The number of aryl methyl sites for hydroxylation is 2. The Morgan fingerprint density at radius 2 is 2.50 bits per heavy atom. The van der Waals surface area contributed by atoms with Gasteiger partial charge in [0.05, 0.1) is 0 Å². The highest BCUT2D eigenvalue weighted by Gasteiger charge is 1.95. The molecule has 1 aromatic heterocycles. The average Bonchev–Trinajstić information content (AvgIpc) is 2.31. The number of hydrogen-bond acceptors (Lipinski definition) is 2. The van der Waals surface area contributed by atoms with Gasteiger partial charge in [-0.3, -0.25) is 4.68 Å². The van der Waals surface area contributed by atoms with Crippen molar-refractivity contribution in [3.8, 4) is 0 Å². The van der Waals surface area contributed by atoms with Gasteiger partial charge in [0.15, 0.2) is 0 Å². The lowest BCUT2D eigenvalue weighted by atomic mass is 10.2. The Bertz CT molecular complexity index is 192. The molecule has 3 nitrogen and oxygen atoms in total. The maximum absolute atomic E-state index is 5.37. The van der Waals surface area contributed by atoms with Gasteiger partial charge in [-0.25, -0.2) is 0 Å². The third-order valence-corrected chi connectivity index (χ3v) is 1.56. The van der Waals surface area contributed by atoms with E-state index >= 15 is 0 Å². The van der Waals surface area contributed by atoms with Crippen LogP contribution < -0.4 is 5.73 Å². The van der Waals surface area contributed by atoms with Gasteiger partial charge in [0.25, 0.3) is 0 Å². The molecule has 0 aliphatic heterocycles. The predicted octanol–water partition coefficient (Wildman–Crippen LogP) is 0.311. The molecule has 0 aromatic carbocycles. The minimum Gasteiger partial charge on any atom is -0.330 e. The highest BCUT2D eigenvalue weighted by molar-refractivity contribution is 4.99. The Balaban J connectivity index is 2.49. The van der Waals surface area contributed by atoms with Crippen molar-refractivity contribution in [3.05, 3.63) is 18.0 Å². The first-order chi connectivity index (χ1) is 4.84. The van der Waals surface area contributed by atoms with Gasteiger partial charge in [0.1, 0.15) is 0 Å². The zero-order valence-corrected chi connectivity index (χ0v) is 6.25. The smallest absolute Gasteiger partial charge is 0.0492 e. The molecule has 1 rings (SSSR count). The minimum atomic E-state index is 0.755. The van der Waals surface area contributed by atoms with Crippen LogP contribution in [0.4, 0.5) is 0 Å². The van der Waals surface area contributed by atoms with Crippen molar-refractivity contribution >= 4 is 0 Å². The second-order valence-corrected chi connectivity index (χ2v) is 2.34. The first-order valence-electron chi connectivity index (χ1n) is 3.51. The highest BCUT2D eigenvalue weighted by atomic mass is 15.2. The molecule has 0 aliphatic rings. The molecule has 10 heavy (non-hydrogen) atoms. The summed E-state index contributed by atoms with van der Waals surface area (Å²) in [6.07, 6.45) is 3.89. The van der Waals surface area contributed by atoms with Crippen LogP contribution in [0.2, 0.25) is 0 Å². The number of aromatic nitrogens is 2. The summed E-state index contributed by atoms with van der Waals surface area (Å²) in [5.41, 5.74) is 6.62. The molecule has 1 heterocycles. The largest absolute Gasteiger partial charge is 0.330 e. The number of nitrogens with zero attached hydrogens (tertiary/aromatic N) is 2. The average molecular weight is 139 g/mol. The predicted molar refractivity (Wildman–Crippen MR) is 40.6 cm³/mol. The van der Waals surface area contributed by atoms with Crippen LogP contribution in [0.3, 0.4) is 0 Å². The van der Waals surface area contributed by atoms with E-state index in [2.05, 4.69) is 5.10 Å². The third-order valence-electron chi connectivity index (χ3n) is 1.56. The Kier molecular flexibility index (Phi) is 2.45. The monoisotopic (exact) mass is 139 g/mol. The van der Waals surface area contributed by atoms with Gasteiger partial charge in [0, 0.05) is 18.9 Å². The van der Waals surface area contributed by atoms with Crippen molar-refractivity contribution in [1.82, 2.24) is 9.78 Å². The van der Waals surface area contributed by atoms with Gasteiger partial charge in [-0.1, -0.05) is 0 Å². The lowest BCUT2D eigenvalue weighted by molar-refractivity contribution is 0.686. The van der Waals surface area contributed by atoms with Crippen LogP contribution in [-0.2, 0) is 13.5 Å². The number of rotatable bonds is 3. The molecule has 0 saturated heterocycles. The summed E-state index contributed by atoms with van der Waals surface area (Å²) in [7, 11) is 1.95. The number of hydrogen-bond donors (Lipinski definition) is 1. The van der Waals surface area contributed by atoms with E-state index in [9.17, 15) is 0 Å². The summed E-state index contributed by atoms with van der Waals surface area (Å²) in [5.74, 6) is 0. The molecule has 3 heteroatoms. The molecule has 0 radical (unpaired) electrons. The summed E-state index contributed by atoms with van der Waals surface area (Å²) in [5, 5.41) is 4.05. The molecular formula is C7H13N3. The second kappa shape index (κ2) is 3.37. The zero-order chi connectivity index (χ0) is 7.40. The SMILES string of the molecule is Cn1nccc1CCCN. The van der Waals surface area contributed by atoms with E-state index in [0.717, 1.165) is 19.4 Å². The summed E-state index contributed by atoms with van der Waals surface area (Å²) < 4.78 is 1.88. The van der Waals surface area contributed by atoms with Crippen LogP contribution in [0.1, 0.15) is 12.1 Å². The molecule has 56 valence electrons. The van der Waals surface area contributed by atoms with Crippen LogP contribution >= 0.6 is 0 Å². The molecule has 1 aromatic rings. The quantitative estimate of drug-likeness (QED) is 0.655. The molecule has 0 aliphatic carbocycles. The Morgan fingerprint density at radius 3 is 3.00 bits per heavy atom. The molecule has 0 unspecified atom stereocenters. The van der Waals surface area contributed by atoms with Gasteiger partial charge in [-0.15, -0.1) is 0 Å². The zero-order valence-electron chi connectivity index (χ0n) is 6.25. The van der Waals surface area contributed by atoms with Gasteiger partial charge < -0.3 is 5.73 Å². The molecular weight excluding hydrogens is 126 g/mol. The molecule has 0 fully saturated rings. The topological polar surface area (TPSA) is 43.8 Å². The fraction of sp³-hybridized carbons (Fsp3) is 0.571. The van der Waals surface area contributed by atoms with E-state index in [4.69, 9.17) is 5.73 Å². The lowest BCUT2D eigenvalue weighted by Gasteiger charge is -1.98. The summed E-state index contributed by atoms with van der Waals surface area (Å²) in [4.78, 5) is 0. The van der Waals surface area contributed by atoms with Gasteiger partial charge in [-0.05, 0) is 25.5 Å². The van der Waals surface area contributed by atoms with Crippen molar-refractivity contribution in [3.63, 3.8) is 0 Å². The molecule has 0 saturated carbocycles. The van der Waals surface area contributed by atoms with E-state index in [1.165, 1.54) is 5.69 Å². The van der Waals surface area contributed by atoms with E-state index in [-0.39, 0.29) is 0 Å². The van der Waals surface area contributed by atoms with Crippen molar-refractivity contribution in [2.24, 2.45) is 12.8 Å². The fourth-order valence-corrected chi connectivity index (χ4v) is 0.930. The van der Waals surface area contributed by atoms with E-state index in [1.54, 1.807) is 0 Å². The van der Waals surface area contributed by atoms with Crippen molar-refractivity contribution in [2.75, 3.05) is 6.54 Å². The Hall–Kier alpha value is -0.830. The Morgan fingerprint density at radius 1 is 1.70 bits per heavy atom. The molecule has 0 amide bonds. The maximum Gasteiger partial charge on any atom is 0.0492 e. The first-order valence-corrected chi connectivity index (χ1v) is 3.51. The van der Waals surface area contributed by atoms with Crippen LogP contribution in [0.5, 0.6) is 0 Å². The highest BCUT2D eigenvalue weighted by Crippen LogP contribution is 1.98. The molecule has 2 N–H and O–H groups in total. The van der Waals surface area contributed by atoms with Crippen LogP contribution in [0.15, 0.2) is 12.3 Å². The normalized spacial score (nSPS) is 10.2. The second-order valence-electron chi connectivity index (χ2n) is 2.34. The van der Waals surface area contributed by atoms with Crippen molar-refractivity contribution in [2.45, 2.75) is 12.8 Å². The lowest BCUT2D eigenvalue weighted by Crippen LogP contribution is -2.03. The van der Waals surface area contributed by atoms with Gasteiger partial charge in [0.2, 0.25) is 0 Å². The molecule has 0 bridgehead atoms. The van der Waals surface area contributed by atoms with Crippen LogP contribution in [0, 0.1) is 0 Å². The van der Waals surface area contributed by atoms with Crippen LogP contribution in [-0.4, -0.2) is 16.3 Å². The van der Waals surface area contributed by atoms with Crippen LogP contribution in [0.25, 0.3) is 0 Å². The van der Waals surface area contributed by atoms with Crippen molar-refractivity contribution < 1.29 is 0 Å². The van der Waals surface area contributed by atoms with Crippen molar-refractivity contribution in [1.29, 1.82) is 0 Å². The summed E-state index contributed by atoms with van der Waals surface area (Å²) >= 11 is 0. The standard InChI is InChI=1S/C7H13N3/c1-10-7(3-2-5-8)4-6-9-10/h4,6H,2-3,5,8H2,1H3. The fourth-order valence-electron chi connectivity index (χ4n) is 0.930. The van der Waals surface area contributed by atoms with E-state index < -0.39 is 0 Å². The third kappa shape index (κ3) is 1.57. The van der Waals surface area contributed by atoms with E-state index in [0.29, 0.717) is 0 Å². The summed E-state index contributed by atoms with van der Waals surface area (Å²) in [6, 6.07) is 2.02. The summed E-state index contributed by atoms with van der Waals surface area (Å²) in [6.45, 7) is 0.755. The van der Waals surface area contributed by atoms with E-state index in [1.807, 2.05) is 24.0 Å². The molecule has 0 spiro atoms.